The molecule has 3 heterocycles. The van der Waals surface area contributed by atoms with Gasteiger partial charge in [0.05, 0.1) is 18.0 Å². The van der Waals surface area contributed by atoms with Crippen molar-refractivity contribution in [2.24, 2.45) is 5.92 Å². The third-order valence-corrected chi connectivity index (χ3v) is 3.70. The van der Waals surface area contributed by atoms with Crippen molar-refractivity contribution in [2.75, 3.05) is 6.54 Å². The third kappa shape index (κ3) is 2.83. The standard InChI is InChI=1S/C13H11F3N4O3/c14-13(15,16)8-1-2-9-17-18-10(20(9)5-8)6-19-4-7(12(22)23)3-11(19)21/h1-2,5,7H,3-4,6H2,(H,22,23). The topological polar surface area (TPSA) is 87.8 Å². The fourth-order valence-electron chi connectivity index (χ4n) is 2.47. The van der Waals surface area contributed by atoms with E-state index >= 15 is 0 Å². The van der Waals surface area contributed by atoms with Crippen LogP contribution in [0.5, 0.6) is 0 Å². The Kier molecular flexibility index (Phi) is 3.46. The number of likely N-dealkylation sites (tertiary alicyclic amines) is 1. The summed E-state index contributed by atoms with van der Waals surface area (Å²) in [6, 6.07) is 2.08. The van der Waals surface area contributed by atoms with Crippen LogP contribution in [0.15, 0.2) is 18.3 Å². The van der Waals surface area contributed by atoms with E-state index in [0.717, 1.165) is 16.7 Å². The van der Waals surface area contributed by atoms with Gasteiger partial charge in [-0.1, -0.05) is 0 Å². The van der Waals surface area contributed by atoms with Gasteiger partial charge in [-0.3, -0.25) is 14.0 Å². The van der Waals surface area contributed by atoms with Gasteiger partial charge in [-0.25, -0.2) is 0 Å². The van der Waals surface area contributed by atoms with E-state index in [-0.39, 0.29) is 36.9 Å². The minimum atomic E-state index is -4.51. The van der Waals surface area contributed by atoms with E-state index in [0.29, 0.717) is 0 Å². The first-order chi connectivity index (χ1) is 10.8. The normalized spacial score (nSPS) is 18.8. The molecular weight excluding hydrogens is 317 g/mol. The molecule has 0 radical (unpaired) electrons. The SMILES string of the molecule is O=C(O)C1CC(=O)N(Cc2nnc3ccc(C(F)(F)F)cn23)C1. The average Bonchev–Trinajstić information content (AvgIpc) is 3.03. The van der Waals surface area contributed by atoms with Crippen LogP contribution in [0.3, 0.4) is 0 Å². The maximum absolute atomic E-state index is 12.8. The van der Waals surface area contributed by atoms with Crippen molar-refractivity contribution in [3.8, 4) is 0 Å². The highest BCUT2D eigenvalue weighted by Crippen LogP contribution is 2.29. The van der Waals surface area contributed by atoms with Crippen LogP contribution in [0.2, 0.25) is 0 Å². The quantitative estimate of drug-likeness (QED) is 0.914. The van der Waals surface area contributed by atoms with Gasteiger partial charge in [0.1, 0.15) is 0 Å². The molecule has 0 aliphatic carbocycles. The molecule has 0 aromatic carbocycles. The van der Waals surface area contributed by atoms with Crippen molar-refractivity contribution in [3.05, 3.63) is 29.7 Å². The van der Waals surface area contributed by atoms with Crippen LogP contribution in [0.1, 0.15) is 17.8 Å². The molecule has 1 atom stereocenters. The summed E-state index contributed by atoms with van der Waals surface area (Å²) >= 11 is 0. The predicted molar refractivity (Wildman–Crippen MR) is 69.1 cm³/mol. The van der Waals surface area contributed by atoms with Gasteiger partial charge in [0, 0.05) is 19.2 Å². The molecule has 1 unspecified atom stereocenters. The molecule has 23 heavy (non-hydrogen) atoms. The number of pyridine rings is 1. The highest BCUT2D eigenvalue weighted by Gasteiger charge is 2.35. The van der Waals surface area contributed by atoms with E-state index in [9.17, 15) is 22.8 Å². The second-order valence-electron chi connectivity index (χ2n) is 5.27. The molecule has 1 aliphatic heterocycles. The molecule has 10 heteroatoms. The molecular formula is C13H11F3N4O3. The molecule has 0 spiro atoms. The van der Waals surface area contributed by atoms with Gasteiger partial charge in [-0.2, -0.15) is 13.2 Å². The molecule has 0 bridgehead atoms. The first-order valence-electron chi connectivity index (χ1n) is 6.67. The molecule has 7 nitrogen and oxygen atoms in total. The summed E-state index contributed by atoms with van der Waals surface area (Å²) in [5.41, 5.74) is -0.642. The van der Waals surface area contributed by atoms with Crippen molar-refractivity contribution < 1.29 is 27.9 Å². The lowest BCUT2D eigenvalue weighted by atomic mass is 10.1. The number of halogens is 3. The summed E-state index contributed by atoms with van der Waals surface area (Å²) in [5.74, 6) is -2.12. The van der Waals surface area contributed by atoms with Gasteiger partial charge in [0.2, 0.25) is 5.91 Å². The number of carbonyl (C=O) groups excluding carboxylic acids is 1. The molecule has 1 amide bonds. The van der Waals surface area contributed by atoms with Crippen LogP contribution < -0.4 is 0 Å². The zero-order valence-electron chi connectivity index (χ0n) is 11.6. The molecule has 1 aliphatic rings. The van der Waals surface area contributed by atoms with Crippen LogP contribution in [-0.4, -0.2) is 43.0 Å². The summed E-state index contributed by atoms with van der Waals surface area (Å²) < 4.78 is 39.5. The number of aliphatic carboxylic acids is 1. The Morgan fingerprint density at radius 2 is 2.09 bits per heavy atom. The largest absolute Gasteiger partial charge is 0.481 e. The highest BCUT2D eigenvalue weighted by atomic mass is 19.4. The lowest BCUT2D eigenvalue weighted by molar-refractivity contribution is -0.141. The minimum Gasteiger partial charge on any atom is -0.481 e. The lowest BCUT2D eigenvalue weighted by Crippen LogP contribution is -2.26. The van der Waals surface area contributed by atoms with Gasteiger partial charge in [-0.05, 0) is 12.1 Å². The average molecular weight is 328 g/mol. The molecule has 2 aromatic heterocycles. The smallest absolute Gasteiger partial charge is 0.417 e. The van der Waals surface area contributed by atoms with Gasteiger partial charge in [-0.15, -0.1) is 10.2 Å². The Hall–Kier alpha value is -2.65. The number of aromatic nitrogens is 3. The third-order valence-electron chi connectivity index (χ3n) is 3.70. The van der Waals surface area contributed by atoms with E-state index in [1.807, 2.05) is 0 Å². The summed E-state index contributed by atoms with van der Waals surface area (Å²) in [7, 11) is 0. The number of hydrogen-bond donors (Lipinski definition) is 1. The van der Waals surface area contributed by atoms with Crippen molar-refractivity contribution in [1.82, 2.24) is 19.5 Å². The molecule has 1 fully saturated rings. The van der Waals surface area contributed by atoms with Crippen LogP contribution >= 0.6 is 0 Å². The van der Waals surface area contributed by atoms with E-state index in [1.165, 1.54) is 11.0 Å². The van der Waals surface area contributed by atoms with Crippen molar-refractivity contribution >= 4 is 17.5 Å². The summed E-state index contributed by atoms with van der Waals surface area (Å²) in [6.07, 6.45) is -3.77. The first kappa shape index (κ1) is 15.3. The molecule has 2 aromatic rings. The van der Waals surface area contributed by atoms with E-state index in [1.54, 1.807) is 0 Å². The van der Waals surface area contributed by atoms with Crippen LogP contribution in [0, 0.1) is 5.92 Å². The number of alkyl halides is 3. The minimum absolute atomic E-state index is 0.00203. The zero-order chi connectivity index (χ0) is 16.8. The van der Waals surface area contributed by atoms with Crippen molar-refractivity contribution in [3.63, 3.8) is 0 Å². The molecule has 1 saturated heterocycles. The van der Waals surface area contributed by atoms with Gasteiger partial charge in [0.15, 0.2) is 11.5 Å². The lowest BCUT2D eigenvalue weighted by Gasteiger charge is -2.15. The molecule has 3 rings (SSSR count). The number of fused-ring (bicyclic) bond motifs is 1. The van der Waals surface area contributed by atoms with Gasteiger partial charge >= 0.3 is 12.1 Å². The summed E-state index contributed by atoms with van der Waals surface area (Å²) in [6.45, 7) is -0.0901. The van der Waals surface area contributed by atoms with Gasteiger partial charge < -0.3 is 10.0 Å². The number of rotatable bonds is 3. The number of carbonyl (C=O) groups is 2. The Morgan fingerprint density at radius 1 is 1.35 bits per heavy atom. The Balaban J connectivity index is 1.89. The summed E-state index contributed by atoms with van der Waals surface area (Å²) in [4.78, 5) is 24.0. The molecule has 122 valence electrons. The maximum Gasteiger partial charge on any atom is 0.417 e. The highest BCUT2D eigenvalue weighted by molar-refractivity contribution is 5.86. The zero-order valence-corrected chi connectivity index (χ0v) is 11.6. The van der Waals surface area contributed by atoms with Crippen molar-refractivity contribution in [1.29, 1.82) is 0 Å². The van der Waals surface area contributed by atoms with E-state index < -0.39 is 23.6 Å². The maximum atomic E-state index is 12.8. The van der Waals surface area contributed by atoms with Gasteiger partial charge in [0.25, 0.3) is 0 Å². The second kappa shape index (κ2) is 5.21. The van der Waals surface area contributed by atoms with E-state index in [2.05, 4.69) is 10.2 Å². The van der Waals surface area contributed by atoms with Crippen LogP contribution in [0.25, 0.3) is 5.65 Å². The Morgan fingerprint density at radius 3 is 2.70 bits per heavy atom. The predicted octanol–water partition coefficient (Wildman–Crippen LogP) is 1.18. The first-order valence-corrected chi connectivity index (χ1v) is 6.67. The van der Waals surface area contributed by atoms with E-state index in [4.69, 9.17) is 5.11 Å². The number of carboxylic acid groups (broad SMARTS) is 1. The fourth-order valence-corrected chi connectivity index (χ4v) is 2.47. The summed E-state index contributed by atoms with van der Waals surface area (Å²) in [5, 5.41) is 16.5. The monoisotopic (exact) mass is 328 g/mol. The Labute approximate surface area is 127 Å². The van der Waals surface area contributed by atoms with Crippen molar-refractivity contribution in [2.45, 2.75) is 19.1 Å². The van der Waals surface area contributed by atoms with Crippen LogP contribution in [0.4, 0.5) is 13.2 Å². The number of nitrogens with zero attached hydrogens (tertiary/aromatic N) is 4. The number of amides is 1. The number of carboxylic acids is 1. The molecule has 0 saturated carbocycles. The Bertz CT molecular complexity index is 786. The molecule has 1 N–H and O–H groups in total. The fraction of sp³-hybridized carbons (Fsp3) is 0.385. The second-order valence-corrected chi connectivity index (χ2v) is 5.27. The number of hydrogen-bond acceptors (Lipinski definition) is 4. The van der Waals surface area contributed by atoms with Crippen LogP contribution in [-0.2, 0) is 22.3 Å².